The first-order valence-electron chi connectivity index (χ1n) is 4.64. The summed E-state index contributed by atoms with van der Waals surface area (Å²) < 4.78 is 4.42. The van der Waals surface area contributed by atoms with Crippen LogP contribution in [0.1, 0.15) is 20.8 Å². The van der Waals surface area contributed by atoms with E-state index in [1.807, 2.05) is 0 Å². The maximum absolute atomic E-state index is 10.9. The molecule has 0 fully saturated rings. The Labute approximate surface area is 138 Å². The SMILES string of the molecule is COC(=O)/C=C(\C)N[C@@H](C(=O)O)C(C)C.[K]. The Morgan fingerprint density at radius 3 is 2.19 bits per heavy atom. The van der Waals surface area contributed by atoms with E-state index in [4.69, 9.17) is 5.11 Å². The van der Waals surface area contributed by atoms with Gasteiger partial charge in [-0.2, -0.15) is 0 Å². The van der Waals surface area contributed by atoms with Crippen LogP contribution in [0.15, 0.2) is 11.8 Å². The Balaban J connectivity index is 0. The number of carboxylic acids is 1. The van der Waals surface area contributed by atoms with Crippen LogP contribution in [0, 0.1) is 5.92 Å². The summed E-state index contributed by atoms with van der Waals surface area (Å²) in [5.74, 6) is -1.51. The molecule has 0 aliphatic carbocycles. The quantitative estimate of drug-likeness (QED) is 0.421. The standard InChI is InChI=1S/C10H17NO4.K/c1-6(2)9(10(13)14)11-7(3)5-8(12)15-4;/h5-6,9,11H,1-4H3,(H,13,14);/b7-5+;/t9-;/m1./s1. The first-order valence-corrected chi connectivity index (χ1v) is 4.64. The molecule has 2 N–H and O–H groups in total. The van der Waals surface area contributed by atoms with Gasteiger partial charge in [-0.3, -0.25) is 0 Å². The van der Waals surface area contributed by atoms with Crippen LogP contribution in [-0.4, -0.2) is 81.6 Å². The van der Waals surface area contributed by atoms with Crippen molar-refractivity contribution in [1.82, 2.24) is 5.32 Å². The molecule has 0 saturated carbocycles. The molecule has 0 saturated heterocycles. The van der Waals surface area contributed by atoms with Gasteiger partial charge in [0.25, 0.3) is 0 Å². The molecule has 1 atom stereocenters. The third-order valence-electron chi connectivity index (χ3n) is 1.85. The summed E-state index contributed by atoms with van der Waals surface area (Å²) in [5, 5.41) is 11.6. The number of carboxylic acid groups (broad SMARTS) is 1. The second-order valence-corrected chi connectivity index (χ2v) is 3.55. The summed E-state index contributed by atoms with van der Waals surface area (Å²) in [4.78, 5) is 21.7. The maximum Gasteiger partial charge on any atom is 0.332 e. The van der Waals surface area contributed by atoms with Gasteiger partial charge in [0, 0.05) is 63.2 Å². The summed E-state index contributed by atoms with van der Waals surface area (Å²) in [5.41, 5.74) is 0.475. The number of carbonyl (C=O) groups excluding carboxylic acids is 1. The van der Waals surface area contributed by atoms with Crippen molar-refractivity contribution in [2.75, 3.05) is 7.11 Å². The predicted octanol–water partition coefficient (Wildman–Crippen LogP) is 0.381. The van der Waals surface area contributed by atoms with E-state index in [-0.39, 0.29) is 57.3 Å². The largest absolute Gasteiger partial charge is 0.480 e. The van der Waals surface area contributed by atoms with Crippen molar-refractivity contribution in [2.45, 2.75) is 26.8 Å². The summed E-state index contributed by atoms with van der Waals surface area (Å²) >= 11 is 0. The molecular formula is C10H17KNO4. The molecule has 0 aromatic carbocycles. The topological polar surface area (TPSA) is 75.6 Å². The fraction of sp³-hybridized carbons (Fsp3) is 0.600. The minimum atomic E-state index is -0.942. The Kier molecular flexibility index (Phi) is 10.6. The van der Waals surface area contributed by atoms with E-state index in [9.17, 15) is 9.59 Å². The molecule has 16 heavy (non-hydrogen) atoms. The zero-order valence-electron chi connectivity index (χ0n) is 10.4. The van der Waals surface area contributed by atoms with Crippen molar-refractivity contribution in [3.63, 3.8) is 0 Å². The molecule has 0 aliphatic rings. The molecule has 0 spiro atoms. The number of ether oxygens (including phenoxy) is 1. The van der Waals surface area contributed by atoms with Crippen molar-refractivity contribution in [1.29, 1.82) is 0 Å². The smallest absolute Gasteiger partial charge is 0.332 e. The molecule has 0 aliphatic heterocycles. The number of hydrogen-bond acceptors (Lipinski definition) is 4. The van der Waals surface area contributed by atoms with Crippen LogP contribution in [0.25, 0.3) is 0 Å². The first-order chi connectivity index (χ1) is 6.88. The first kappa shape index (κ1) is 18.5. The fourth-order valence-electron chi connectivity index (χ4n) is 1.04. The van der Waals surface area contributed by atoms with Gasteiger partial charge in [0.15, 0.2) is 0 Å². The van der Waals surface area contributed by atoms with Crippen molar-refractivity contribution in [3.8, 4) is 0 Å². The van der Waals surface area contributed by atoms with E-state index in [2.05, 4.69) is 10.1 Å². The third-order valence-corrected chi connectivity index (χ3v) is 1.85. The Morgan fingerprint density at radius 1 is 1.38 bits per heavy atom. The van der Waals surface area contributed by atoms with E-state index in [1.54, 1.807) is 20.8 Å². The van der Waals surface area contributed by atoms with Crippen LogP contribution in [0.3, 0.4) is 0 Å². The van der Waals surface area contributed by atoms with E-state index in [0.717, 1.165) is 0 Å². The maximum atomic E-state index is 10.9. The molecule has 6 heteroatoms. The number of methoxy groups -OCH3 is 1. The Hall–Kier alpha value is 0.116. The van der Waals surface area contributed by atoms with Crippen LogP contribution in [-0.2, 0) is 14.3 Å². The summed E-state index contributed by atoms with van der Waals surface area (Å²) in [6.45, 7) is 5.20. The van der Waals surface area contributed by atoms with Crippen LogP contribution in [0.2, 0.25) is 0 Å². The Bertz CT molecular complexity index is 276. The van der Waals surface area contributed by atoms with E-state index < -0.39 is 18.0 Å². The second-order valence-electron chi connectivity index (χ2n) is 3.55. The van der Waals surface area contributed by atoms with Crippen LogP contribution in [0.5, 0.6) is 0 Å². The summed E-state index contributed by atoms with van der Waals surface area (Å²) in [6.07, 6.45) is 1.22. The van der Waals surface area contributed by atoms with Crippen molar-refractivity contribution >= 4 is 63.3 Å². The van der Waals surface area contributed by atoms with Gasteiger partial charge in [-0.1, -0.05) is 13.8 Å². The monoisotopic (exact) mass is 254 g/mol. The predicted molar refractivity (Wildman–Crippen MR) is 60.9 cm³/mol. The molecular weight excluding hydrogens is 237 g/mol. The molecule has 0 bridgehead atoms. The average molecular weight is 254 g/mol. The van der Waals surface area contributed by atoms with Crippen molar-refractivity contribution in [3.05, 3.63) is 11.8 Å². The fourth-order valence-corrected chi connectivity index (χ4v) is 1.04. The molecule has 5 nitrogen and oxygen atoms in total. The van der Waals surface area contributed by atoms with Gasteiger partial charge in [0.05, 0.1) is 7.11 Å². The molecule has 0 aromatic rings. The molecule has 0 rings (SSSR count). The van der Waals surface area contributed by atoms with Gasteiger partial charge in [0.2, 0.25) is 0 Å². The number of allylic oxidation sites excluding steroid dienone is 1. The average Bonchev–Trinajstić information content (AvgIpc) is 2.12. The molecule has 0 heterocycles. The van der Waals surface area contributed by atoms with E-state index >= 15 is 0 Å². The van der Waals surface area contributed by atoms with Gasteiger partial charge in [0.1, 0.15) is 6.04 Å². The molecule has 0 unspecified atom stereocenters. The number of aliphatic carboxylic acids is 1. The number of hydrogen-bond donors (Lipinski definition) is 2. The minimum absolute atomic E-state index is 0. The van der Waals surface area contributed by atoms with E-state index in [0.29, 0.717) is 5.70 Å². The summed E-state index contributed by atoms with van der Waals surface area (Å²) in [7, 11) is 1.27. The van der Waals surface area contributed by atoms with Gasteiger partial charge < -0.3 is 15.2 Å². The second kappa shape index (κ2) is 9.18. The number of esters is 1. The zero-order chi connectivity index (χ0) is 12.0. The Morgan fingerprint density at radius 2 is 1.88 bits per heavy atom. The minimum Gasteiger partial charge on any atom is -0.480 e. The van der Waals surface area contributed by atoms with Crippen LogP contribution in [0.4, 0.5) is 0 Å². The van der Waals surface area contributed by atoms with Crippen molar-refractivity contribution < 1.29 is 19.4 Å². The van der Waals surface area contributed by atoms with Crippen molar-refractivity contribution in [2.24, 2.45) is 5.92 Å². The van der Waals surface area contributed by atoms with Gasteiger partial charge in [-0.25, -0.2) is 9.59 Å². The van der Waals surface area contributed by atoms with Gasteiger partial charge in [-0.05, 0) is 12.8 Å². The number of rotatable bonds is 5. The van der Waals surface area contributed by atoms with Crippen LogP contribution < -0.4 is 5.32 Å². The van der Waals surface area contributed by atoms with E-state index in [1.165, 1.54) is 13.2 Å². The molecule has 87 valence electrons. The van der Waals surface area contributed by atoms with Gasteiger partial charge in [-0.15, -0.1) is 0 Å². The normalized spacial score (nSPS) is 12.7. The molecule has 1 radical (unpaired) electrons. The van der Waals surface area contributed by atoms with Gasteiger partial charge >= 0.3 is 11.9 Å². The molecule has 0 amide bonds. The molecule has 0 aromatic heterocycles. The zero-order valence-corrected chi connectivity index (χ0v) is 13.5. The van der Waals surface area contributed by atoms with Crippen LogP contribution >= 0.6 is 0 Å². The number of carbonyl (C=O) groups is 2. The summed E-state index contributed by atoms with van der Waals surface area (Å²) in [6, 6.07) is -0.703. The third kappa shape index (κ3) is 7.40. The number of nitrogens with one attached hydrogen (secondary N) is 1.